The van der Waals surface area contributed by atoms with Gasteiger partial charge in [0.25, 0.3) is 0 Å². The van der Waals surface area contributed by atoms with Crippen LogP contribution in [0.4, 0.5) is 0 Å². The molecule has 4 heteroatoms. The van der Waals surface area contributed by atoms with E-state index in [9.17, 15) is 5.11 Å². The molecule has 0 amide bonds. The Hall–Kier alpha value is -0.610. The van der Waals surface area contributed by atoms with Crippen molar-refractivity contribution < 1.29 is 5.11 Å². The highest BCUT2D eigenvalue weighted by atomic mass is 16.3. The van der Waals surface area contributed by atoms with E-state index in [1.54, 1.807) is 0 Å². The summed E-state index contributed by atoms with van der Waals surface area (Å²) in [4.78, 5) is 2.28. The molecule has 15 heavy (non-hydrogen) atoms. The van der Waals surface area contributed by atoms with Crippen molar-refractivity contribution in [3.05, 3.63) is 0 Å². The van der Waals surface area contributed by atoms with Crippen LogP contribution in [0.15, 0.2) is 0 Å². The first kappa shape index (κ1) is 10.9. The lowest BCUT2D eigenvalue weighted by molar-refractivity contribution is 0.122. The van der Waals surface area contributed by atoms with Crippen LogP contribution >= 0.6 is 0 Å². The standard InChI is InChI=1S/C11H21N3O/c1-2-9(11(12)13)14-5-7-3-4-10(15)8(7)6-14/h7-10,15H,2-6H2,1H3,(H3,12,13). The Morgan fingerprint density at radius 2 is 2.27 bits per heavy atom. The molecule has 0 radical (unpaired) electrons. The first-order valence-electron chi connectivity index (χ1n) is 5.89. The lowest BCUT2D eigenvalue weighted by Crippen LogP contribution is -2.43. The molecule has 0 aromatic carbocycles. The molecule has 0 bridgehead atoms. The third kappa shape index (κ3) is 1.88. The maximum absolute atomic E-state index is 9.80. The van der Waals surface area contributed by atoms with Crippen molar-refractivity contribution in [1.82, 2.24) is 4.90 Å². The number of aliphatic hydroxyl groups is 1. The number of aliphatic hydroxyl groups excluding tert-OH is 1. The number of nitrogens with zero attached hydrogens (tertiary/aromatic N) is 1. The van der Waals surface area contributed by atoms with Crippen molar-refractivity contribution in [2.24, 2.45) is 17.6 Å². The minimum absolute atomic E-state index is 0.0859. The molecule has 4 unspecified atom stereocenters. The van der Waals surface area contributed by atoms with Gasteiger partial charge < -0.3 is 10.8 Å². The molecule has 4 N–H and O–H groups in total. The number of fused-ring (bicyclic) bond motifs is 1. The molecule has 1 aliphatic heterocycles. The highest BCUT2D eigenvalue weighted by Gasteiger charge is 2.43. The smallest absolute Gasteiger partial charge is 0.108 e. The fourth-order valence-corrected chi connectivity index (χ4v) is 3.20. The van der Waals surface area contributed by atoms with Crippen LogP contribution < -0.4 is 5.73 Å². The Kier molecular flexibility index (Phi) is 2.98. The van der Waals surface area contributed by atoms with E-state index in [2.05, 4.69) is 11.8 Å². The molecule has 1 saturated carbocycles. The molecule has 0 spiro atoms. The van der Waals surface area contributed by atoms with Gasteiger partial charge in [-0.3, -0.25) is 10.3 Å². The highest BCUT2D eigenvalue weighted by molar-refractivity contribution is 5.82. The number of hydrogen-bond donors (Lipinski definition) is 3. The van der Waals surface area contributed by atoms with Gasteiger partial charge in [0.05, 0.1) is 12.1 Å². The molecule has 1 aliphatic carbocycles. The van der Waals surface area contributed by atoms with Gasteiger partial charge in [-0.15, -0.1) is 0 Å². The largest absolute Gasteiger partial charge is 0.393 e. The summed E-state index contributed by atoms with van der Waals surface area (Å²) in [5.74, 6) is 1.33. The quantitative estimate of drug-likeness (QED) is 0.467. The topological polar surface area (TPSA) is 73.3 Å². The maximum Gasteiger partial charge on any atom is 0.108 e. The van der Waals surface area contributed by atoms with Crippen LogP contribution in [0.3, 0.4) is 0 Å². The second-order valence-corrected chi connectivity index (χ2v) is 4.90. The molecule has 0 aromatic rings. The molecule has 1 saturated heterocycles. The van der Waals surface area contributed by atoms with E-state index in [4.69, 9.17) is 11.1 Å². The van der Waals surface area contributed by atoms with Gasteiger partial charge in [0.1, 0.15) is 5.84 Å². The van der Waals surface area contributed by atoms with E-state index in [0.717, 1.165) is 32.4 Å². The lowest BCUT2D eigenvalue weighted by atomic mass is 10.00. The molecule has 86 valence electrons. The molecule has 4 atom stereocenters. The average molecular weight is 211 g/mol. The van der Waals surface area contributed by atoms with Crippen molar-refractivity contribution in [1.29, 1.82) is 5.41 Å². The second kappa shape index (κ2) is 4.10. The van der Waals surface area contributed by atoms with Gasteiger partial charge in [-0.2, -0.15) is 0 Å². The summed E-state index contributed by atoms with van der Waals surface area (Å²) in [7, 11) is 0. The molecule has 2 fully saturated rings. The Bertz CT molecular complexity index is 256. The predicted octanol–water partition coefficient (Wildman–Crippen LogP) is 0.404. The summed E-state index contributed by atoms with van der Waals surface area (Å²) in [6.07, 6.45) is 2.87. The number of amidine groups is 1. The number of likely N-dealkylation sites (tertiary alicyclic amines) is 1. The normalized spacial score (nSPS) is 37.9. The molecule has 2 aliphatic rings. The molecular formula is C11H21N3O. The van der Waals surface area contributed by atoms with Crippen LogP contribution in [0.1, 0.15) is 26.2 Å². The minimum Gasteiger partial charge on any atom is -0.393 e. The van der Waals surface area contributed by atoms with Gasteiger partial charge in [0.15, 0.2) is 0 Å². The van der Waals surface area contributed by atoms with Crippen LogP contribution in [0.2, 0.25) is 0 Å². The molecule has 4 nitrogen and oxygen atoms in total. The Balaban J connectivity index is 2.00. The van der Waals surface area contributed by atoms with Crippen LogP contribution in [0.5, 0.6) is 0 Å². The van der Waals surface area contributed by atoms with E-state index in [1.807, 2.05) is 0 Å². The summed E-state index contributed by atoms with van der Waals surface area (Å²) in [6.45, 7) is 4.00. The first-order chi connectivity index (χ1) is 7.13. The fourth-order valence-electron chi connectivity index (χ4n) is 3.20. The zero-order valence-corrected chi connectivity index (χ0v) is 9.32. The van der Waals surface area contributed by atoms with Gasteiger partial charge in [0, 0.05) is 19.0 Å². The molecule has 1 heterocycles. The number of nitrogens with one attached hydrogen (secondary N) is 1. The third-order valence-electron chi connectivity index (χ3n) is 4.03. The second-order valence-electron chi connectivity index (χ2n) is 4.90. The fraction of sp³-hybridized carbons (Fsp3) is 0.909. The van der Waals surface area contributed by atoms with Gasteiger partial charge >= 0.3 is 0 Å². The summed E-state index contributed by atoms with van der Waals surface area (Å²) in [5.41, 5.74) is 5.59. The average Bonchev–Trinajstić information content (AvgIpc) is 2.70. The number of rotatable bonds is 3. The zero-order valence-electron chi connectivity index (χ0n) is 9.32. The van der Waals surface area contributed by atoms with Gasteiger partial charge in [-0.1, -0.05) is 6.92 Å². The zero-order chi connectivity index (χ0) is 11.0. The lowest BCUT2D eigenvalue weighted by Gasteiger charge is -2.26. The summed E-state index contributed by atoms with van der Waals surface area (Å²) < 4.78 is 0. The monoisotopic (exact) mass is 211 g/mol. The van der Waals surface area contributed by atoms with E-state index in [1.165, 1.54) is 0 Å². The van der Waals surface area contributed by atoms with Crippen molar-refractivity contribution >= 4 is 5.84 Å². The van der Waals surface area contributed by atoms with Gasteiger partial charge in [-0.05, 0) is 25.2 Å². The van der Waals surface area contributed by atoms with Crippen LogP contribution in [-0.4, -0.2) is 41.1 Å². The van der Waals surface area contributed by atoms with Crippen molar-refractivity contribution in [3.63, 3.8) is 0 Å². The minimum atomic E-state index is -0.121. The van der Waals surface area contributed by atoms with Crippen molar-refractivity contribution in [2.75, 3.05) is 13.1 Å². The van der Waals surface area contributed by atoms with E-state index in [-0.39, 0.29) is 18.0 Å². The maximum atomic E-state index is 9.80. The van der Waals surface area contributed by atoms with Gasteiger partial charge in [-0.25, -0.2) is 0 Å². The van der Waals surface area contributed by atoms with Crippen LogP contribution in [-0.2, 0) is 0 Å². The molecule has 2 rings (SSSR count). The Morgan fingerprint density at radius 3 is 2.80 bits per heavy atom. The molecule has 0 aromatic heterocycles. The summed E-state index contributed by atoms with van der Waals surface area (Å²) in [5, 5.41) is 17.3. The van der Waals surface area contributed by atoms with Crippen LogP contribution in [0.25, 0.3) is 0 Å². The Morgan fingerprint density at radius 1 is 1.53 bits per heavy atom. The summed E-state index contributed by atoms with van der Waals surface area (Å²) in [6, 6.07) is 0.0859. The highest BCUT2D eigenvalue weighted by Crippen LogP contribution is 2.38. The Labute approximate surface area is 91.0 Å². The predicted molar refractivity (Wildman–Crippen MR) is 59.8 cm³/mol. The first-order valence-corrected chi connectivity index (χ1v) is 5.89. The van der Waals surface area contributed by atoms with Crippen LogP contribution in [0, 0.1) is 17.2 Å². The number of nitrogens with two attached hydrogens (primary N) is 1. The third-order valence-corrected chi connectivity index (χ3v) is 4.03. The van der Waals surface area contributed by atoms with Crippen molar-refractivity contribution in [3.8, 4) is 0 Å². The van der Waals surface area contributed by atoms with E-state index >= 15 is 0 Å². The summed E-state index contributed by atoms with van der Waals surface area (Å²) >= 11 is 0. The van der Waals surface area contributed by atoms with E-state index in [0.29, 0.717) is 11.8 Å². The SMILES string of the molecule is CCC(C(=N)N)N1CC2CCC(O)C2C1. The van der Waals surface area contributed by atoms with E-state index < -0.39 is 0 Å². The molecular weight excluding hydrogens is 190 g/mol. The number of hydrogen-bond acceptors (Lipinski definition) is 3. The van der Waals surface area contributed by atoms with Gasteiger partial charge in [0.2, 0.25) is 0 Å². The van der Waals surface area contributed by atoms with Crippen molar-refractivity contribution in [2.45, 2.75) is 38.3 Å².